The minimum Gasteiger partial charge on any atom is -0.456 e. The van der Waals surface area contributed by atoms with Crippen molar-refractivity contribution in [2.75, 3.05) is 40.9 Å². The predicted octanol–water partition coefficient (Wildman–Crippen LogP) is 20.1. The molecule has 0 radical (unpaired) electrons. The monoisotopic (exact) mass is 1120 g/mol. The number of nitrogens with one attached hydrogen (secondary N) is 1. The summed E-state index contributed by atoms with van der Waals surface area (Å²) in [6, 6.07) is -0.874. The van der Waals surface area contributed by atoms with Crippen LogP contribution in [0.25, 0.3) is 0 Å². The number of carbonyl (C=O) groups is 2. The molecule has 0 aromatic heterocycles. The molecule has 0 saturated heterocycles. The zero-order chi connectivity index (χ0) is 57.9. The number of amides is 1. The van der Waals surface area contributed by atoms with E-state index in [9.17, 15) is 19.0 Å². The molecule has 0 rings (SSSR count). The number of nitrogens with zero attached hydrogens (tertiary/aromatic N) is 1. The number of esters is 1. The summed E-state index contributed by atoms with van der Waals surface area (Å²) in [5.74, 6) is -0.562. The summed E-state index contributed by atoms with van der Waals surface area (Å²) in [5, 5.41) is 3.04. The maximum Gasteiger partial charge on any atom is 0.472 e. The predicted molar refractivity (Wildman–Crippen MR) is 341 cm³/mol. The molecule has 0 saturated carbocycles. The molecule has 0 fully saturated rings. The number of allylic oxidation sites excluding steroid dienone is 17. The van der Waals surface area contributed by atoms with E-state index in [2.05, 4.69) is 123 Å². The van der Waals surface area contributed by atoms with Gasteiger partial charge in [-0.2, -0.15) is 0 Å². The zero-order valence-electron chi connectivity index (χ0n) is 51.8. The van der Waals surface area contributed by atoms with Crippen LogP contribution in [0.3, 0.4) is 0 Å². The number of hydrogen-bond acceptors (Lipinski definition) is 6. The fraction of sp³-hybridized carbons (Fsp3) is 0.710. The Bertz CT molecular complexity index is 1720. The van der Waals surface area contributed by atoms with Gasteiger partial charge in [0.1, 0.15) is 19.3 Å². The van der Waals surface area contributed by atoms with Crippen LogP contribution >= 0.6 is 7.82 Å². The Hall–Kier alpha value is -3.33. The Labute approximate surface area is 487 Å². The lowest BCUT2D eigenvalue weighted by Crippen LogP contribution is -2.47. The SMILES string of the molecule is CC/C=C\C/C=C\C/C=C\C/C=C\C/C=C\C/C=C\CCCCC(=O)OC(/C=C/CCCCCCCCCCC)C(COP(=O)(O)OCC[N+](C)(C)C)NC(=O)CCCCCCCCCCCCC/C=C\C/C=C\CCCCC. The Kier molecular flexibility index (Phi) is 55.4. The molecule has 1 amide bonds. The highest BCUT2D eigenvalue weighted by molar-refractivity contribution is 7.47. The van der Waals surface area contributed by atoms with Crippen LogP contribution in [0.4, 0.5) is 0 Å². The van der Waals surface area contributed by atoms with Crippen LogP contribution in [-0.4, -0.2) is 74.3 Å². The number of unbranched alkanes of at least 4 members (excludes halogenated alkanes) is 25. The number of hydrogen-bond donors (Lipinski definition) is 2. The molecule has 0 aromatic rings. The molecule has 0 aromatic carbocycles. The van der Waals surface area contributed by atoms with E-state index >= 15 is 0 Å². The first kappa shape index (κ1) is 75.7. The molecule has 0 bridgehead atoms. The normalized spacial score (nSPS) is 14.4. The average molecular weight is 1120 g/mol. The molecule has 0 aliphatic rings. The molecule has 3 atom stereocenters. The van der Waals surface area contributed by atoms with Gasteiger partial charge in [-0.3, -0.25) is 18.6 Å². The second kappa shape index (κ2) is 57.9. The summed E-state index contributed by atoms with van der Waals surface area (Å²) >= 11 is 0. The van der Waals surface area contributed by atoms with Crippen molar-refractivity contribution in [3.05, 3.63) is 109 Å². The highest BCUT2D eigenvalue weighted by Gasteiger charge is 2.30. The molecule has 0 spiro atoms. The standard InChI is InChI=1S/C69H121N2O7P/c1-7-10-13-16-19-22-25-27-29-31-33-35-37-39-41-43-46-49-52-55-58-61-68(72)70-66(65-77-79(74,75)76-64-63-71(4,5)6)67(60-57-54-51-48-45-24-21-18-15-12-9-3)78-69(73)62-59-56-53-50-47-44-42-40-38-36-34-32-30-28-26-23-20-17-14-11-8-2/h11,14,19-20,22-23,27-30,34,36,40,42,47,50,57,60,66-67H,7-10,12-13,15-18,21,24-26,31-33,35,37-39,41,43-46,48-49,51-56,58-59,61-65H2,1-6H3,(H-,70,72,74,75)/p+1/b14-11-,22-19-,23-20-,29-27-,30-28-,36-34-,42-40-,50-47-,60-57+. The van der Waals surface area contributed by atoms with E-state index in [1.165, 1.54) is 128 Å². The van der Waals surface area contributed by atoms with Gasteiger partial charge < -0.3 is 19.4 Å². The largest absolute Gasteiger partial charge is 0.472 e. The first-order chi connectivity index (χ1) is 38.4. The van der Waals surface area contributed by atoms with E-state index in [0.717, 1.165) is 96.3 Å². The average Bonchev–Trinajstić information content (AvgIpc) is 3.41. The Morgan fingerprint density at radius 3 is 1.25 bits per heavy atom. The Morgan fingerprint density at radius 2 is 0.810 bits per heavy atom. The van der Waals surface area contributed by atoms with Crippen molar-refractivity contribution < 1.29 is 37.3 Å². The van der Waals surface area contributed by atoms with Crippen LogP contribution in [0.15, 0.2) is 109 Å². The van der Waals surface area contributed by atoms with Crippen molar-refractivity contribution in [3.8, 4) is 0 Å². The van der Waals surface area contributed by atoms with Gasteiger partial charge in [0.2, 0.25) is 5.91 Å². The Morgan fingerprint density at radius 1 is 0.456 bits per heavy atom. The fourth-order valence-corrected chi connectivity index (χ4v) is 9.47. The topological polar surface area (TPSA) is 111 Å². The third-order valence-electron chi connectivity index (χ3n) is 13.7. The molecular weight excluding hydrogens is 1000 g/mol. The third kappa shape index (κ3) is 59.1. The molecule has 79 heavy (non-hydrogen) atoms. The van der Waals surface area contributed by atoms with E-state index in [-0.39, 0.29) is 31.5 Å². The summed E-state index contributed by atoms with van der Waals surface area (Å²) in [6.45, 7) is 6.84. The van der Waals surface area contributed by atoms with Crippen molar-refractivity contribution in [2.45, 2.75) is 277 Å². The van der Waals surface area contributed by atoms with Gasteiger partial charge in [0.05, 0.1) is 33.8 Å². The lowest BCUT2D eigenvalue weighted by Gasteiger charge is -2.27. The molecule has 0 aliphatic heterocycles. The summed E-state index contributed by atoms with van der Waals surface area (Å²) in [4.78, 5) is 37.7. The maximum absolute atomic E-state index is 13.6. The van der Waals surface area contributed by atoms with Crippen LogP contribution in [-0.2, 0) is 27.9 Å². The number of quaternary nitrogens is 1. The molecule has 2 N–H and O–H groups in total. The smallest absolute Gasteiger partial charge is 0.456 e. The molecule has 454 valence electrons. The maximum atomic E-state index is 13.6. The molecule has 10 heteroatoms. The van der Waals surface area contributed by atoms with Gasteiger partial charge >= 0.3 is 13.8 Å². The fourth-order valence-electron chi connectivity index (χ4n) is 8.74. The van der Waals surface area contributed by atoms with E-state index in [1.807, 2.05) is 33.3 Å². The van der Waals surface area contributed by atoms with Crippen LogP contribution in [0, 0.1) is 0 Å². The van der Waals surface area contributed by atoms with Gasteiger partial charge in [-0.15, -0.1) is 0 Å². The minimum atomic E-state index is -4.47. The first-order valence-corrected chi connectivity index (χ1v) is 33.7. The van der Waals surface area contributed by atoms with Crippen LogP contribution in [0.5, 0.6) is 0 Å². The van der Waals surface area contributed by atoms with Crippen molar-refractivity contribution in [3.63, 3.8) is 0 Å². The van der Waals surface area contributed by atoms with Gasteiger partial charge in [-0.05, 0) is 115 Å². The third-order valence-corrected chi connectivity index (χ3v) is 14.7. The van der Waals surface area contributed by atoms with E-state index in [4.69, 9.17) is 13.8 Å². The lowest BCUT2D eigenvalue weighted by molar-refractivity contribution is -0.870. The van der Waals surface area contributed by atoms with Crippen LogP contribution in [0.2, 0.25) is 0 Å². The molecule has 9 nitrogen and oxygen atoms in total. The van der Waals surface area contributed by atoms with Crippen molar-refractivity contribution in [1.82, 2.24) is 5.32 Å². The van der Waals surface area contributed by atoms with Gasteiger partial charge in [0, 0.05) is 12.8 Å². The summed E-state index contributed by atoms with van der Waals surface area (Å²) in [7, 11) is 1.46. The quantitative estimate of drug-likeness (QED) is 0.0205. The number of likely N-dealkylation sites (N-methyl/N-ethyl adjacent to an activating group) is 1. The minimum absolute atomic E-state index is 0.0276. The van der Waals surface area contributed by atoms with Crippen molar-refractivity contribution >= 4 is 19.7 Å². The first-order valence-electron chi connectivity index (χ1n) is 32.2. The summed E-state index contributed by atoms with van der Waals surface area (Å²) in [6.07, 6.45) is 79.5. The second-order valence-corrected chi connectivity index (χ2v) is 24.0. The number of ether oxygens (including phenoxy) is 1. The van der Waals surface area contributed by atoms with Crippen molar-refractivity contribution in [1.29, 1.82) is 0 Å². The van der Waals surface area contributed by atoms with Gasteiger partial charge in [0.15, 0.2) is 0 Å². The number of rotatable bonds is 57. The van der Waals surface area contributed by atoms with E-state index < -0.39 is 20.0 Å². The molecule has 0 aliphatic carbocycles. The Balaban J connectivity index is 5.25. The summed E-state index contributed by atoms with van der Waals surface area (Å²) in [5.41, 5.74) is 0. The zero-order valence-corrected chi connectivity index (χ0v) is 52.7. The molecule has 0 heterocycles. The van der Waals surface area contributed by atoms with E-state index in [0.29, 0.717) is 23.9 Å². The lowest BCUT2D eigenvalue weighted by atomic mass is 10.0. The second-order valence-electron chi connectivity index (χ2n) is 22.5. The van der Waals surface area contributed by atoms with Gasteiger partial charge in [0.25, 0.3) is 0 Å². The van der Waals surface area contributed by atoms with Crippen molar-refractivity contribution in [2.24, 2.45) is 0 Å². The highest BCUT2D eigenvalue weighted by atomic mass is 31.2. The van der Waals surface area contributed by atoms with Crippen LogP contribution < -0.4 is 5.32 Å². The van der Waals surface area contributed by atoms with Gasteiger partial charge in [-0.1, -0.05) is 246 Å². The van der Waals surface area contributed by atoms with E-state index in [1.54, 1.807) is 0 Å². The molecule has 3 unspecified atom stereocenters. The van der Waals surface area contributed by atoms with Gasteiger partial charge in [-0.25, -0.2) is 4.57 Å². The number of carbonyl (C=O) groups excluding carboxylic acids is 2. The number of phosphoric acid groups is 1. The summed E-state index contributed by atoms with van der Waals surface area (Å²) < 4.78 is 30.7. The number of phosphoric ester groups is 1. The molecular formula is C69H122N2O7P+. The highest BCUT2D eigenvalue weighted by Crippen LogP contribution is 2.43. The van der Waals surface area contributed by atoms with Crippen LogP contribution in [0.1, 0.15) is 265 Å².